The van der Waals surface area contributed by atoms with Gasteiger partial charge in [0.1, 0.15) is 13.2 Å². The van der Waals surface area contributed by atoms with E-state index in [0.29, 0.717) is 42.4 Å². The molecule has 2 amide bonds. The van der Waals surface area contributed by atoms with Crippen molar-refractivity contribution < 1.29 is 19.1 Å². The van der Waals surface area contributed by atoms with E-state index in [1.54, 1.807) is 30.3 Å². The Hall–Kier alpha value is -3.02. The van der Waals surface area contributed by atoms with Crippen LogP contribution >= 0.6 is 0 Å². The molecule has 2 aromatic rings. The predicted molar refractivity (Wildman–Crippen MR) is 102 cm³/mol. The Morgan fingerprint density at radius 2 is 1.85 bits per heavy atom. The molecular weight excluding hydrogens is 344 g/mol. The molecule has 6 nitrogen and oxygen atoms in total. The smallest absolute Gasteiger partial charge is 0.255 e. The number of carbonyl (C=O) groups excluding carboxylic acids is 2. The molecule has 27 heavy (non-hydrogen) atoms. The van der Waals surface area contributed by atoms with Crippen molar-refractivity contribution >= 4 is 11.8 Å². The lowest BCUT2D eigenvalue weighted by atomic mass is 10.1. The highest BCUT2D eigenvalue weighted by Gasteiger charge is 2.20. The van der Waals surface area contributed by atoms with Gasteiger partial charge in [0.25, 0.3) is 11.8 Å². The van der Waals surface area contributed by atoms with Crippen molar-refractivity contribution in [2.75, 3.05) is 13.2 Å². The molecule has 142 valence electrons. The standard InChI is InChI=1S/C21H24N2O4/c1-3-14(2)23-20(24)16-7-4-6-15(12-16)13-22-21(25)17-8-5-9-18-19(17)27-11-10-26-18/h4-9,12,14H,3,10-11,13H2,1-2H3,(H,22,25)(H,23,24). The minimum atomic E-state index is -0.244. The summed E-state index contributed by atoms with van der Waals surface area (Å²) in [5, 5.41) is 5.82. The molecule has 6 heteroatoms. The first kappa shape index (κ1) is 18.8. The maximum absolute atomic E-state index is 12.6. The summed E-state index contributed by atoms with van der Waals surface area (Å²) in [5.41, 5.74) is 1.87. The lowest BCUT2D eigenvalue weighted by Crippen LogP contribution is -2.32. The zero-order valence-corrected chi connectivity index (χ0v) is 15.6. The number of hydrogen-bond donors (Lipinski definition) is 2. The van der Waals surface area contributed by atoms with Gasteiger partial charge in [0.2, 0.25) is 0 Å². The van der Waals surface area contributed by atoms with Crippen molar-refractivity contribution in [1.82, 2.24) is 10.6 Å². The molecule has 0 radical (unpaired) electrons. The van der Waals surface area contributed by atoms with E-state index >= 15 is 0 Å². The Kier molecular flexibility index (Phi) is 5.96. The first-order valence-electron chi connectivity index (χ1n) is 9.15. The van der Waals surface area contributed by atoms with Crippen LogP contribution in [-0.4, -0.2) is 31.1 Å². The number of benzene rings is 2. The number of para-hydroxylation sites is 1. The van der Waals surface area contributed by atoms with Crippen molar-refractivity contribution in [2.45, 2.75) is 32.9 Å². The van der Waals surface area contributed by atoms with Crippen LogP contribution < -0.4 is 20.1 Å². The van der Waals surface area contributed by atoms with E-state index in [1.165, 1.54) is 0 Å². The maximum Gasteiger partial charge on any atom is 0.255 e. The predicted octanol–water partition coefficient (Wildman–Crippen LogP) is 2.92. The van der Waals surface area contributed by atoms with E-state index < -0.39 is 0 Å². The van der Waals surface area contributed by atoms with Gasteiger partial charge in [-0.15, -0.1) is 0 Å². The van der Waals surface area contributed by atoms with Gasteiger partial charge < -0.3 is 20.1 Å². The fraction of sp³-hybridized carbons (Fsp3) is 0.333. The third kappa shape index (κ3) is 4.58. The van der Waals surface area contributed by atoms with E-state index in [1.807, 2.05) is 26.0 Å². The molecule has 3 rings (SSSR count). The summed E-state index contributed by atoms with van der Waals surface area (Å²) in [6.45, 7) is 5.20. The van der Waals surface area contributed by atoms with Crippen molar-refractivity contribution in [2.24, 2.45) is 0 Å². The summed E-state index contributed by atoms with van der Waals surface area (Å²) in [6, 6.07) is 12.6. The third-order valence-electron chi connectivity index (χ3n) is 4.44. The molecule has 0 fully saturated rings. The molecule has 1 aliphatic rings. The molecule has 2 N–H and O–H groups in total. The average Bonchev–Trinajstić information content (AvgIpc) is 2.71. The largest absolute Gasteiger partial charge is 0.486 e. The summed E-state index contributed by atoms with van der Waals surface area (Å²) in [5.74, 6) is 0.701. The molecule has 0 bridgehead atoms. The minimum Gasteiger partial charge on any atom is -0.486 e. The first-order chi connectivity index (χ1) is 13.1. The van der Waals surface area contributed by atoms with Gasteiger partial charge in [-0.3, -0.25) is 9.59 Å². The SMILES string of the molecule is CCC(C)NC(=O)c1cccc(CNC(=O)c2cccc3c2OCCO3)c1. The van der Waals surface area contributed by atoms with Crippen LogP contribution in [0.4, 0.5) is 0 Å². The van der Waals surface area contributed by atoms with Gasteiger partial charge in [-0.25, -0.2) is 0 Å². The van der Waals surface area contributed by atoms with Gasteiger partial charge in [0.15, 0.2) is 11.5 Å². The Bertz CT molecular complexity index is 835. The van der Waals surface area contributed by atoms with Crippen LogP contribution in [0.5, 0.6) is 11.5 Å². The summed E-state index contributed by atoms with van der Waals surface area (Å²) in [7, 11) is 0. The number of ether oxygens (including phenoxy) is 2. The molecule has 0 saturated carbocycles. The van der Waals surface area contributed by atoms with Gasteiger partial charge in [-0.2, -0.15) is 0 Å². The maximum atomic E-state index is 12.6. The third-order valence-corrected chi connectivity index (χ3v) is 4.44. The molecule has 1 aliphatic heterocycles. The van der Waals surface area contributed by atoms with Crippen LogP contribution in [0.3, 0.4) is 0 Å². The number of carbonyl (C=O) groups is 2. The number of fused-ring (bicyclic) bond motifs is 1. The quantitative estimate of drug-likeness (QED) is 0.822. The Morgan fingerprint density at radius 1 is 1.07 bits per heavy atom. The Labute approximate surface area is 158 Å². The molecule has 1 unspecified atom stereocenters. The lowest BCUT2D eigenvalue weighted by molar-refractivity contribution is 0.0933. The van der Waals surface area contributed by atoms with E-state index in [4.69, 9.17) is 9.47 Å². The van der Waals surface area contributed by atoms with Crippen LogP contribution in [0.25, 0.3) is 0 Å². The van der Waals surface area contributed by atoms with Crippen LogP contribution in [-0.2, 0) is 6.54 Å². The Balaban J connectivity index is 1.66. The van der Waals surface area contributed by atoms with Crippen molar-refractivity contribution in [3.05, 3.63) is 59.2 Å². The van der Waals surface area contributed by atoms with Gasteiger partial charge in [0, 0.05) is 18.2 Å². The lowest BCUT2D eigenvalue weighted by Gasteiger charge is -2.20. The monoisotopic (exact) mass is 368 g/mol. The van der Waals surface area contributed by atoms with Crippen LogP contribution in [0.1, 0.15) is 46.5 Å². The van der Waals surface area contributed by atoms with E-state index in [-0.39, 0.29) is 17.9 Å². The van der Waals surface area contributed by atoms with Gasteiger partial charge >= 0.3 is 0 Å². The van der Waals surface area contributed by atoms with Gasteiger partial charge in [-0.05, 0) is 43.2 Å². The summed E-state index contributed by atoms with van der Waals surface area (Å²) >= 11 is 0. The zero-order valence-electron chi connectivity index (χ0n) is 15.6. The fourth-order valence-electron chi connectivity index (χ4n) is 2.76. The highest BCUT2D eigenvalue weighted by molar-refractivity contribution is 5.98. The van der Waals surface area contributed by atoms with Gasteiger partial charge in [-0.1, -0.05) is 25.1 Å². The molecule has 0 spiro atoms. The zero-order chi connectivity index (χ0) is 19.2. The average molecular weight is 368 g/mol. The van der Waals surface area contributed by atoms with E-state index in [2.05, 4.69) is 10.6 Å². The molecular formula is C21H24N2O4. The molecule has 1 heterocycles. The van der Waals surface area contributed by atoms with Gasteiger partial charge in [0.05, 0.1) is 5.56 Å². The second kappa shape index (κ2) is 8.58. The molecule has 2 aromatic carbocycles. The molecule has 1 atom stereocenters. The van der Waals surface area contributed by atoms with Crippen LogP contribution in [0.2, 0.25) is 0 Å². The summed E-state index contributed by atoms with van der Waals surface area (Å²) < 4.78 is 11.1. The van der Waals surface area contributed by atoms with Crippen LogP contribution in [0.15, 0.2) is 42.5 Å². The molecule has 0 saturated heterocycles. The fourth-order valence-corrected chi connectivity index (χ4v) is 2.76. The summed E-state index contributed by atoms with van der Waals surface area (Å²) in [4.78, 5) is 24.8. The van der Waals surface area contributed by atoms with Crippen molar-refractivity contribution in [1.29, 1.82) is 0 Å². The Morgan fingerprint density at radius 3 is 2.67 bits per heavy atom. The van der Waals surface area contributed by atoms with Crippen molar-refractivity contribution in [3.63, 3.8) is 0 Å². The number of amides is 2. The van der Waals surface area contributed by atoms with Crippen LogP contribution in [0, 0.1) is 0 Å². The topological polar surface area (TPSA) is 76.7 Å². The van der Waals surface area contributed by atoms with Crippen molar-refractivity contribution in [3.8, 4) is 11.5 Å². The summed E-state index contributed by atoms with van der Waals surface area (Å²) in [6.07, 6.45) is 0.870. The van der Waals surface area contributed by atoms with E-state index in [9.17, 15) is 9.59 Å². The highest BCUT2D eigenvalue weighted by atomic mass is 16.6. The minimum absolute atomic E-state index is 0.111. The number of nitrogens with one attached hydrogen (secondary N) is 2. The highest BCUT2D eigenvalue weighted by Crippen LogP contribution is 2.33. The second-order valence-electron chi connectivity index (χ2n) is 6.50. The van der Waals surface area contributed by atoms with E-state index in [0.717, 1.165) is 12.0 Å². The number of rotatable bonds is 6. The number of hydrogen-bond acceptors (Lipinski definition) is 4. The molecule has 0 aromatic heterocycles. The normalized spacial score (nSPS) is 13.6. The first-order valence-corrected chi connectivity index (χ1v) is 9.15. The second-order valence-corrected chi connectivity index (χ2v) is 6.50. The molecule has 0 aliphatic carbocycles.